The monoisotopic (exact) mass is 335 g/mol. The van der Waals surface area contributed by atoms with Crippen molar-refractivity contribution in [2.45, 2.75) is 18.2 Å². The fraction of sp³-hybridized carbons (Fsp3) is 0.375. The molecule has 3 rings (SSSR count). The van der Waals surface area contributed by atoms with Gasteiger partial charge in [0.05, 0.1) is 18.9 Å². The van der Waals surface area contributed by atoms with Gasteiger partial charge in [-0.3, -0.25) is 9.36 Å². The average Bonchev–Trinajstić information content (AvgIpc) is 2.99. The summed E-state index contributed by atoms with van der Waals surface area (Å²) in [4.78, 5) is 19.0. The SMILES string of the molecule is CSc1ncc(C(=O)N2CCOC(C)C2)n1-c1ccc(F)cc1. The summed E-state index contributed by atoms with van der Waals surface area (Å²) in [6, 6.07) is 6.06. The highest BCUT2D eigenvalue weighted by Gasteiger charge is 2.26. The van der Waals surface area contributed by atoms with Crippen molar-refractivity contribution in [2.75, 3.05) is 26.0 Å². The van der Waals surface area contributed by atoms with Crippen LogP contribution in [0.4, 0.5) is 4.39 Å². The van der Waals surface area contributed by atoms with Gasteiger partial charge in [0.15, 0.2) is 5.16 Å². The Hall–Kier alpha value is -1.86. The smallest absolute Gasteiger partial charge is 0.272 e. The Kier molecular flexibility index (Phi) is 4.68. The Labute approximate surface area is 138 Å². The molecule has 2 aromatic rings. The maximum absolute atomic E-state index is 13.2. The van der Waals surface area contributed by atoms with Gasteiger partial charge in [-0.25, -0.2) is 9.37 Å². The number of imidazole rings is 1. The molecule has 1 atom stereocenters. The highest BCUT2D eigenvalue weighted by molar-refractivity contribution is 7.98. The zero-order valence-electron chi connectivity index (χ0n) is 13.0. The van der Waals surface area contributed by atoms with Crippen molar-refractivity contribution in [1.29, 1.82) is 0 Å². The summed E-state index contributed by atoms with van der Waals surface area (Å²) in [5.74, 6) is -0.397. The van der Waals surface area contributed by atoms with E-state index in [-0.39, 0.29) is 17.8 Å². The molecule has 2 heterocycles. The lowest BCUT2D eigenvalue weighted by molar-refractivity contribution is -0.0127. The number of hydrogen-bond acceptors (Lipinski definition) is 4. The standard InChI is InChI=1S/C16H18FN3O2S/c1-11-10-19(7-8-22-11)15(21)14-9-18-16(23-2)20(14)13-5-3-12(17)4-6-13/h3-6,9,11H,7-8,10H2,1-2H3. The molecule has 1 aromatic carbocycles. The summed E-state index contributed by atoms with van der Waals surface area (Å²) in [7, 11) is 0. The van der Waals surface area contributed by atoms with Crippen LogP contribution in [-0.4, -0.2) is 52.4 Å². The molecule has 0 N–H and O–H groups in total. The largest absolute Gasteiger partial charge is 0.375 e. The van der Waals surface area contributed by atoms with Crippen LogP contribution in [0.25, 0.3) is 5.69 Å². The van der Waals surface area contributed by atoms with Gasteiger partial charge in [-0.15, -0.1) is 0 Å². The molecule has 1 unspecified atom stereocenters. The second-order valence-electron chi connectivity index (χ2n) is 5.37. The van der Waals surface area contributed by atoms with Crippen molar-refractivity contribution in [3.8, 4) is 5.69 Å². The lowest BCUT2D eigenvalue weighted by atomic mass is 10.2. The van der Waals surface area contributed by atoms with Gasteiger partial charge in [0.1, 0.15) is 11.5 Å². The molecule has 7 heteroatoms. The van der Waals surface area contributed by atoms with Crippen LogP contribution in [-0.2, 0) is 4.74 Å². The first kappa shape index (κ1) is 16.0. The van der Waals surface area contributed by atoms with Gasteiger partial charge >= 0.3 is 0 Å². The number of amides is 1. The molecule has 1 amide bonds. The predicted octanol–water partition coefficient (Wildman–Crippen LogP) is 2.59. The van der Waals surface area contributed by atoms with Gasteiger partial charge in [0.25, 0.3) is 5.91 Å². The maximum atomic E-state index is 13.2. The molecular weight excluding hydrogens is 317 g/mol. The highest BCUT2D eigenvalue weighted by atomic mass is 32.2. The second kappa shape index (κ2) is 6.72. The van der Waals surface area contributed by atoms with Crippen LogP contribution in [0, 0.1) is 5.82 Å². The Morgan fingerprint density at radius 3 is 2.78 bits per heavy atom. The highest BCUT2D eigenvalue weighted by Crippen LogP contribution is 2.23. The zero-order chi connectivity index (χ0) is 16.4. The van der Waals surface area contributed by atoms with Gasteiger partial charge in [-0.2, -0.15) is 0 Å². The van der Waals surface area contributed by atoms with Crippen molar-refractivity contribution in [1.82, 2.24) is 14.5 Å². The summed E-state index contributed by atoms with van der Waals surface area (Å²) in [5.41, 5.74) is 1.20. The number of ether oxygens (including phenoxy) is 1. The number of benzene rings is 1. The van der Waals surface area contributed by atoms with Gasteiger partial charge in [0, 0.05) is 18.8 Å². The van der Waals surface area contributed by atoms with Crippen molar-refractivity contribution < 1.29 is 13.9 Å². The molecule has 1 aliphatic heterocycles. The van der Waals surface area contributed by atoms with Crippen molar-refractivity contribution in [3.63, 3.8) is 0 Å². The average molecular weight is 335 g/mol. The molecule has 122 valence electrons. The molecule has 1 saturated heterocycles. The van der Waals surface area contributed by atoms with Crippen molar-refractivity contribution in [2.24, 2.45) is 0 Å². The number of carbonyl (C=O) groups is 1. The number of nitrogens with zero attached hydrogens (tertiary/aromatic N) is 3. The van der Waals surface area contributed by atoms with Gasteiger partial charge < -0.3 is 9.64 Å². The van der Waals surface area contributed by atoms with E-state index in [1.807, 2.05) is 13.2 Å². The minimum atomic E-state index is -0.311. The van der Waals surface area contributed by atoms with E-state index in [1.165, 1.54) is 23.9 Å². The molecule has 23 heavy (non-hydrogen) atoms. The van der Waals surface area contributed by atoms with E-state index < -0.39 is 0 Å². The molecule has 0 saturated carbocycles. The molecule has 0 bridgehead atoms. The molecule has 0 aliphatic carbocycles. The number of halogens is 1. The fourth-order valence-corrected chi connectivity index (χ4v) is 3.18. The van der Waals surface area contributed by atoms with E-state index in [9.17, 15) is 9.18 Å². The summed E-state index contributed by atoms with van der Waals surface area (Å²) in [6.45, 7) is 3.60. The Morgan fingerprint density at radius 2 is 2.13 bits per heavy atom. The first-order valence-corrected chi connectivity index (χ1v) is 8.61. The lowest BCUT2D eigenvalue weighted by Gasteiger charge is -2.31. The van der Waals surface area contributed by atoms with Crippen LogP contribution in [0.5, 0.6) is 0 Å². The minimum absolute atomic E-state index is 0.0231. The van der Waals surface area contributed by atoms with Crippen LogP contribution >= 0.6 is 11.8 Å². The molecule has 1 aliphatic rings. The lowest BCUT2D eigenvalue weighted by Crippen LogP contribution is -2.45. The van der Waals surface area contributed by atoms with Crippen LogP contribution in [0.3, 0.4) is 0 Å². The first-order valence-electron chi connectivity index (χ1n) is 7.38. The Balaban J connectivity index is 1.98. The summed E-state index contributed by atoms with van der Waals surface area (Å²) in [6.07, 6.45) is 3.50. The number of hydrogen-bond donors (Lipinski definition) is 0. The van der Waals surface area contributed by atoms with E-state index in [4.69, 9.17) is 4.74 Å². The molecule has 0 spiro atoms. The van der Waals surface area contributed by atoms with Gasteiger partial charge in [-0.05, 0) is 37.4 Å². The number of morpholine rings is 1. The molecule has 0 radical (unpaired) electrons. The van der Waals surface area contributed by atoms with Crippen LogP contribution in [0.15, 0.2) is 35.6 Å². The Bertz CT molecular complexity index is 702. The third-order valence-electron chi connectivity index (χ3n) is 3.74. The Morgan fingerprint density at radius 1 is 1.39 bits per heavy atom. The van der Waals surface area contributed by atoms with Crippen LogP contribution in [0.1, 0.15) is 17.4 Å². The predicted molar refractivity (Wildman–Crippen MR) is 86.6 cm³/mol. The summed E-state index contributed by atoms with van der Waals surface area (Å²) < 4.78 is 20.4. The van der Waals surface area contributed by atoms with E-state index in [0.717, 1.165) is 5.69 Å². The van der Waals surface area contributed by atoms with Crippen molar-refractivity contribution >= 4 is 17.7 Å². The zero-order valence-corrected chi connectivity index (χ0v) is 13.8. The number of rotatable bonds is 3. The van der Waals surface area contributed by atoms with Gasteiger partial charge in [0.2, 0.25) is 0 Å². The maximum Gasteiger partial charge on any atom is 0.272 e. The summed E-state index contributed by atoms with van der Waals surface area (Å²) in [5, 5.41) is 0.696. The van der Waals surface area contributed by atoms with E-state index in [0.29, 0.717) is 30.5 Å². The topological polar surface area (TPSA) is 47.4 Å². The normalized spacial score (nSPS) is 18.2. The van der Waals surface area contributed by atoms with Crippen LogP contribution in [0.2, 0.25) is 0 Å². The fourth-order valence-electron chi connectivity index (χ4n) is 2.63. The number of thioether (sulfide) groups is 1. The third kappa shape index (κ3) is 3.25. The number of aromatic nitrogens is 2. The molecule has 1 fully saturated rings. The van der Waals surface area contributed by atoms with Crippen molar-refractivity contribution in [3.05, 3.63) is 42.0 Å². The van der Waals surface area contributed by atoms with E-state index >= 15 is 0 Å². The minimum Gasteiger partial charge on any atom is -0.375 e. The van der Waals surface area contributed by atoms with E-state index in [1.54, 1.807) is 27.8 Å². The third-order valence-corrected chi connectivity index (χ3v) is 4.40. The van der Waals surface area contributed by atoms with E-state index in [2.05, 4.69) is 4.98 Å². The second-order valence-corrected chi connectivity index (χ2v) is 6.15. The summed E-state index contributed by atoms with van der Waals surface area (Å²) >= 11 is 1.44. The molecule has 5 nitrogen and oxygen atoms in total. The first-order chi connectivity index (χ1) is 11.1. The molecule has 1 aromatic heterocycles. The van der Waals surface area contributed by atoms with Crippen LogP contribution < -0.4 is 0 Å². The number of carbonyl (C=O) groups excluding carboxylic acids is 1. The molecular formula is C16H18FN3O2S. The van der Waals surface area contributed by atoms with Gasteiger partial charge in [-0.1, -0.05) is 11.8 Å². The quantitative estimate of drug-likeness (QED) is 0.809.